The molecule has 154 valence electrons. The molecule has 0 saturated carbocycles. The third-order valence-corrected chi connectivity index (χ3v) is 6.75. The number of sulfonamides is 1. The highest BCUT2D eigenvalue weighted by molar-refractivity contribution is 7.89. The molecule has 1 aliphatic rings. The smallest absolute Gasteiger partial charge is 0.271 e. The highest BCUT2D eigenvalue weighted by Crippen LogP contribution is 2.31. The maximum absolute atomic E-state index is 13.0. The number of non-ortho nitro benzene ring substituents is 1. The molecule has 1 amide bonds. The molecule has 3 rings (SSSR count). The van der Waals surface area contributed by atoms with Gasteiger partial charge < -0.3 is 10.1 Å². The summed E-state index contributed by atoms with van der Waals surface area (Å²) >= 11 is 5.82. The van der Waals surface area contributed by atoms with Crippen molar-refractivity contribution in [3.05, 3.63) is 57.6 Å². The molecule has 9 nitrogen and oxygen atoms in total. The molecule has 2 aromatic carbocycles. The molecule has 0 unspecified atom stereocenters. The van der Waals surface area contributed by atoms with Gasteiger partial charge in [-0.15, -0.1) is 0 Å². The van der Waals surface area contributed by atoms with Crippen LogP contribution in [-0.4, -0.2) is 43.2 Å². The molecule has 1 atom stereocenters. The first-order valence-electron chi connectivity index (χ1n) is 8.65. The Morgan fingerprint density at radius 1 is 1.28 bits per heavy atom. The number of methoxy groups -OCH3 is 1. The second-order valence-corrected chi connectivity index (χ2v) is 8.69. The van der Waals surface area contributed by atoms with E-state index in [9.17, 15) is 23.3 Å². The van der Waals surface area contributed by atoms with Crippen LogP contribution in [0.4, 0.5) is 11.4 Å². The van der Waals surface area contributed by atoms with E-state index in [1.807, 2.05) is 0 Å². The van der Waals surface area contributed by atoms with Gasteiger partial charge in [0.15, 0.2) is 0 Å². The van der Waals surface area contributed by atoms with Gasteiger partial charge in [-0.05, 0) is 43.2 Å². The van der Waals surface area contributed by atoms with Crippen molar-refractivity contribution in [1.82, 2.24) is 4.31 Å². The molecule has 1 aliphatic heterocycles. The van der Waals surface area contributed by atoms with Gasteiger partial charge in [0.25, 0.3) is 5.69 Å². The highest BCUT2D eigenvalue weighted by Gasteiger charge is 2.39. The molecule has 11 heteroatoms. The van der Waals surface area contributed by atoms with Crippen LogP contribution in [0.2, 0.25) is 5.02 Å². The van der Waals surface area contributed by atoms with Crippen LogP contribution in [-0.2, 0) is 14.8 Å². The van der Waals surface area contributed by atoms with Gasteiger partial charge in [-0.3, -0.25) is 14.9 Å². The van der Waals surface area contributed by atoms with Gasteiger partial charge in [0.05, 0.1) is 22.6 Å². The minimum absolute atomic E-state index is 0.0366. The SMILES string of the molecule is COc1ccc([N+](=O)[O-])cc1NC(=O)[C@@H]1CCCN1S(=O)(=O)c1ccc(Cl)cc1. The molecule has 0 aliphatic carbocycles. The fraction of sp³-hybridized carbons (Fsp3) is 0.278. The molecule has 2 aromatic rings. The first-order valence-corrected chi connectivity index (χ1v) is 10.5. The lowest BCUT2D eigenvalue weighted by molar-refractivity contribution is -0.384. The predicted octanol–water partition coefficient (Wildman–Crippen LogP) is 3.05. The summed E-state index contributed by atoms with van der Waals surface area (Å²) in [5, 5.41) is 14.0. The van der Waals surface area contributed by atoms with Crippen LogP contribution < -0.4 is 10.1 Å². The van der Waals surface area contributed by atoms with Gasteiger partial charge >= 0.3 is 0 Å². The van der Waals surface area contributed by atoms with Gasteiger partial charge in [0.2, 0.25) is 15.9 Å². The van der Waals surface area contributed by atoms with E-state index in [1.165, 1.54) is 49.6 Å². The number of anilines is 1. The number of nitrogens with zero attached hydrogens (tertiary/aromatic N) is 2. The second kappa shape index (κ2) is 8.36. The molecule has 0 aromatic heterocycles. The quantitative estimate of drug-likeness (QED) is 0.545. The topological polar surface area (TPSA) is 119 Å². The van der Waals surface area contributed by atoms with Crippen molar-refractivity contribution in [3.63, 3.8) is 0 Å². The van der Waals surface area contributed by atoms with Crippen LogP contribution in [0.1, 0.15) is 12.8 Å². The number of ether oxygens (including phenoxy) is 1. The lowest BCUT2D eigenvalue weighted by Gasteiger charge is -2.23. The fourth-order valence-electron chi connectivity index (χ4n) is 3.16. The zero-order valence-corrected chi connectivity index (χ0v) is 16.9. The van der Waals surface area contributed by atoms with Crippen molar-refractivity contribution in [1.29, 1.82) is 0 Å². The maximum Gasteiger partial charge on any atom is 0.271 e. The number of rotatable bonds is 6. The first kappa shape index (κ1) is 21.0. The van der Waals surface area contributed by atoms with Gasteiger partial charge in [-0.2, -0.15) is 4.31 Å². The van der Waals surface area contributed by atoms with E-state index in [1.54, 1.807) is 0 Å². The first-order chi connectivity index (χ1) is 13.7. The molecule has 1 N–H and O–H groups in total. The number of hydrogen-bond donors (Lipinski definition) is 1. The van der Waals surface area contributed by atoms with Crippen LogP contribution >= 0.6 is 11.6 Å². The predicted molar refractivity (Wildman–Crippen MR) is 107 cm³/mol. The molecule has 29 heavy (non-hydrogen) atoms. The van der Waals surface area contributed by atoms with E-state index < -0.39 is 26.9 Å². The standard InChI is InChI=1S/C18H18ClN3O6S/c1-28-17-9-6-13(22(24)25)11-15(17)20-18(23)16-3-2-10-21(16)29(26,27)14-7-4-12(19)5-8-14/h4-9,11,16H,2-3,10H2,1H3,(H,20,23)/t16-/m0/s1. The Morgan fingerprint density at radius 2 is 1.97 bits per heavy atom. The number of nitro benzene ring substituents is 1. The average molecular weight is 440 g/mol. The number of benzene rings is 2. The number of halogens is 1. The monoisotopic (exact) mass is 439 g/mol. The van der Waals surface area contributed by atoms with Gasteiger partial charge in [-0.1, -0.05) is 11.6 Å². The van der Waals surface area contributed by atoms with Crippen molar-refractivity contribution in [2.45, 2.75) is 23.8 Å². The molecular weight excluding hydrogens is 422 g/mol. The number of amides is 1. The Balaban J connectivity index is 1.86. The van der Waals surface area contributed by atoms with Crippen LogP contribution in [0.15, 0.2) is 47.4 Å². The highest BCUT2D eigenvalue weighted by atomic mass is 35.5. The van der Waals surface area contributed by atoms with Crippen molar-refractivity contribution < 1.29 is 22.9 Å². The largest absolute Gasteiger partial charge is 0.495 e. The van der Waals surface area contributed by atoms with Gasteiger partial charge in [-0.25, -0.2) is 8.42 Å². The Kier molecular flexibility index (Phi) is 6.06. The number of carbonyl (C=O) groups excluding carboxylic acids is 1. The van der Waals surface area contributed by atoms with Crippen molar-refractivity contribution in [3.8, 4) is 5.75 Å². The van der Waals surface area contributed by atoms with Crippen LogP contribution in [0.5, 0.6) is 5.75 Å². The average Bonchev–Trinajstić information content (AvgIpc) is 3.19. The van der Waals surface area contributed by atoms with E-state index >= 15 is 0 Å². The molecular formula is C18H18ClN3O6S. The van der Waals surface area contributed by atoms with E-state index in [2.05, 4.69) is 5.32 Å². The normalized spacial score (nSPS) is 17.1. The van der Waals surface area contributed by atoms with Crippen LogP contribution in [0.25, 0.3) is 0 Å². The summed E-state index contributed by atoms with van der Waals surface area (Å²) in [6.07, 6.45) is 0.840. The van der Waals surface area contributed by atoms with Crippen molar-refractivity contribution in [2.24, 2.45) is 0 Å². The lowest BCUT2D eigenvalue weighted by Crippen LogP contribution is -2.43. The van der Waals surface area contributed by atoms with E-state index in [0.717, 1.165) is 4.31 Å². The zero-order valence-electron chi connectivity index (χ0n) is 15.4. The van der Waals surface area contributed by atoms with E-state index in [-0.39, 0.29) is 28.6 Å². The second-order valence-electron chi connectivity index (χ2n) is 6.36. The van der Waals surface area contributed by atoms with Crippen LogP contribution in [0.3, 0.4) is 0 Å². The Hall–Kier alpha value is -2.69. The number of hydrogen-bond acceptors (Lipinski definition) is 6. The number of nitro groups is 1. The summed E-state index contributed by atoms with van der Waals surface area (Å²) in [6, 6.07) is 8.54. The van der Waals surface area contributed by atoms with Gasteiger partial charge in [0, 0.05) is 23.7 Å². The molecule has 0 spiro atoms. The summed E-state index contributed by atoms with van der Waals surface area (Å²) in [6.45, 7) is 0.190. The maximum atomic E-state index is 13.0. The third-order valence-electron chi connectivity index (χ3n) is 4.58. The Labute approximate surface area is 172 Å². The minimum Gasteiger partial charge on any atom is -0.495 e. The lowest BCUT2D eigenvalue weighted by atomic mass is 10.2. The Morgan fingerprint density at radius 3 is 2.59 bits per heavy atom. The molecule has 0 bridgehead atoms. The fourth-order valence-corrected chi connectivity index (χ4v) is 4.94. The minimum atomic E-state index is -3.90. The molecule has 0 radical (unpaired) electrons. The molecule has 1 heterocycles. The summed E-state index contributed by atoms with van der Waals surface area (Å²) < 4.78 is 32.2. The number of carbonyl (C=O) groups is 1. The van der Waals surface area contributed by atoms with Crippen molar-refractivity contribution >= 4 is 38.9 Å². The van der Waals surface area contributed by atoms with Gasteiger partial charge in [0.1, 0.15) is 11.8 Å². The zero-order chi connectivity index (χ0) is 21.2. The Bertz CT molecular complexity index is 1040. The summed E-state index contributed by atoms with van der Waals surface area (Å²) in [4.78, 5) is 23.3. The van der Waals surface area contributed by atoms with E-state index in [4.69, 9.17) is 16.3 Å². The summed E-state index contributed by atoms with van der Waals surface area (Å²) in [5.74, 6) is -0.354. The number of nitrogens with one attached hydrogen (secondary N) is 1. The summed E-state index contributed by atoms with van der Waals surface area (Å²) in [7, 11) is -2.54. The third kappa shape index (κ3) is 4.34. The van der Waals surface area contributed by atoms with Crippen LogP contribution in [0, 0.1) is 10.1 Å². The summed E-state index contributed by atoms with van der Waals surface area (Å²) in [5.41, 5.74) is -0.124. The molecule has 1 fully saturated rings. The van der Waals surface area contributed by atoms with E-state index in [0.29, 0.717) is 17.9 Å². The molecule has 1 saturated heterocycles. The van der Waals surface area contributed by atoms with Crippen molar-refractivity contribution in [2.75, 3.05) is 19.0 Å².